The molecule has 0 unspecified atom stereocenters. The molecule has 6 aliphatic rings. The van der Waals surface area contributed by atoms with Crippen molar-refractivity contribution in [3.8, 4) is 11.5 Å². The predicted octanol–water partition coefficient (Wildman–Crippen LogP) is 5.20. The number of phenols is 1. The van der Waals surface area contributed by atoms with Gasteiger partial charge in [-0.1, -0.05) is 36.0 Å². The maximum absolute atomic E-state index is 12.8. The van der Waals surface area contributed by atoms with E-state index < -0.39 is 6.09 Å². The number of nitrogens with one attached hydrogen (secondary N) is 1. The Bertz CT molecular complexity index is 1440. The zero-order valence-electron chi connectivity index (χ0n) is 30.1. The standard InChI is InChI=1S/C20H26ClN3O3.C13H23N3O.C6H5ClO/c21-16-5-7-18(8-6-16)27-20(26)24-13-15(14-24)19(25)23-10-2-9-22(11-12-23)17-3-1-4-17;17-13(11-9-14-10-11)16-6-2-5-15(7-8-16)12-3-1-4-12;7-5-1-3-6(8)4-2-5/h5-8,15,17H,1-4,9-14H2;11-12,14H,1-10H2;1-4,8H. The Morgan fingerprint density at radius 1 is 0.596 bits per heavy atom. The Morgan fingerprint density at radius 2 is 1.08 bits per heavy atom. The van der Waals surface area contributed by atoms with Crippen molar-refractivity contribution in [2.75, 3.05) is 78.5 Å². The van der Waals surface area contributed by atoms with E-state index in [0.717, 1.165) is 83.8 Å². The number of benzene rings is 2. The Morgan fingerprint density at radius 3 is 1.50 bits per heavy atom. The number of hydrogen-bond acceptors (Lipinski definition) is 8. The van der Waals surface area contributed by atoms with Crippen LogP contribution in [-0.4, -0.2) is 138 Å². The lowest BCUT2D eigenvalue weighted by atomic mass is 9.91. The first-order chi connectivity index (χ1) is 25.2. The van der Waals surface area contributed by atoms with Gasteiger partial charge in [-0.15, -0.1) is 0 Å². The largest absolute Gasteiger partial charge is 0.508 e. The summed E-state index contributed by atoms with van der Waals surface area (Å²) in [7, 11) is 0. The summed E-state index contributed by atoms with van der Waals surface area (Å²) in [4.78, 5) is 47.9. The van der Waals surface area contributed by atoms with Crippen LogP contribution in [-0.2, 0) is 9.59 Å². The van der Waals surface area contributed by atoms with Gasteiger partial charge in [-0.25, -0.2) is 4.79 Å². The van der Waals surface area contributed by atoms with E-state index in [1.165, 1.54) is 45.1 Å². The second kappa shape index (κ2) is 18.8. The fourth-order valence-corrected chi connectivity index (χ4v) is 7.67. The van der Waals surface area contributed by atoms with Crippen LogP contribution in [0.2, 0.25) is 10.0 Å². The third-order valence-corrected chi connectivity index (χ3v) is 11.8. The molecule has 4 saturated heterocycles. The average Bonchev–Trinajstić information content (AvgIpc) is 3.43. The maximum Gasteiger partial charge on any atom is 0.415 e. The summed E-state index contributed by atoms with van der Waals surface area (Å²) in [5, 5.41) is 13.1. The summed E-state index contributed by atoms with van der Waals surface area (Å²) in [6, 6.07) is 14.6. The van der Waals surface area contributed by atoms with Gasteiger partial charge in [0, 0.05) is 101 Å². The molecule has 0 aromatic heterocycles. The summed E-state index contributed by atoms with van der Waals surface area (Å²) in [5.74, 6) is 1.45. The molecule has 4 aliphatic heterocycles. The van der Waals surface area contributed by atoms with Crippen LogP contribution >= 0.6 is 23.2 Å². The van der Waals surface area contributed by atoms with E-state index in [2.05, 4.69) is 20.0 Å². The van der Waals surface area contributed by atoms with Gasteiger partial charge in [-0.3, -0.25) is 19.4 Å². The fraction of sp³-hybridized carbons (Fsp3) is 0.615. The van der Waals surface area contributed by atoms with Crippen LogP contribution in [0.5, 0.6) is 11.5 Å². The van der Waals surface area contributed by atoms with Crippen LogP contribution in [0.1, 0.15) is 51.4 Å². The lowest BCUT2D eigenvalue weighted by Gasteiger charge is -2.40. The normalized spacial score (nSPS) is 22.1. The van der Waals surface area contributed by atoms with Crippen molar-refractivity contribution >= 4 is 41.1 Å². The number of hydrogen-bond donors (Lipinski definition) is 2. The molecule has 2 aromatic carbocycles. The van der Waals surface area contributed by atoms with Crippen LogP contribution in [0.4, 0.5) is 4.79 Å². The fourth-order valence-electron chi connectivity index (χ4n) is 7.42. The molecule has 0 radical (unpaired) electrons. The Balaban J connectivity index is 0.000000157. The van der Waals surface area contributed by atoms with Gasteiger partial charge < -0.3 is 29.9 Å². The smallest absolute Gasteiger partial charge is 0.415 e. The van der Waals surface area contributed by atoms with Crippen molar-refractivity contribution in [1.82, 2.24) is 29.8 Å². The van der Waals surface area contributed by atoms with Crippen molar-refractivity contribution in [1.29, 1.82) is 0 Å². The SMILES string of the molecule is O=C(C1CNC1)N1CCCN(C2CCC2)CC1.O=C(Oc1ccc(Cl)cc1)N1CC(C(=O)N2CCCN(C3CCC3)CC2)C1.Oc1ccc(Cl)cc1. The molecule has 2 saturated carbocycles. The number of nitrogens with zero attached hydrogens (tertiary/aromatic N) is 5. The summed E-state index contributed by atoms with van der Waals surface area (Å²) in [5.41, 5.74) is 0. The minimum Gasteiger partial charge on any atom is -0.508 e. The first-order valence-corrected chi connectivity index (χ1v) is 19.9. The van der Waals surface area contributed by atoms with Gasteiger partial charge in [0.05, 0.1) is 11.8 Å². The van der Waals surface area contributed by atoms with Gasteiger partial charge in [0.2, 0.25) is 11.8 Å². The molecule has 8 rings (SSSR count). The molecule has 13 heteroatoms. The number of likely N-dealkylation sites (tertiary alicyclic amines) is 1. The van der Waals surface area contributed by atoms with E-state index in [0.29, 0.717) is 34.8 Å². The molecule has 0 atom stereocenters. The highest BCUT2D eigenvalue weighted by Gasteiger charge is 2.40. The molecule has 284 valence electrons. The van der Waals surface area contributed by atoms with E-state index in [9.17, 15) is 14.4 Å². The molecule has 6 fully saturated rings. The third-order valence-electron chi connectivity index (χ3n) is 11.3. The van der Waals surface area contributed by atoms with E-state index in [4.69, 9.17) is 33.0 Å². The molecule has 3 amide bonds. The van der Waals surface area contributed by atoms with Crippen molar-refractivity contribution in [3.63, 3.8) is 0 Å². The van der Waals surface area contributed by atoms with Crippen LogP contribution < -0.4 is 10.1 Å². The molecule has 11 nitrogen and oxygen atoms in total. The van der Waals surface area contributed by atoms with Gasteiger partial charge in [0.25, 0.3) is 0 Å². The number of amides is 3. The number of phenolic OH excluding ortho intramolecular Hbond substituents is 1. The molecule has 4 heterocycles. The van der Waals surface area contributed by atoms with E-state index in [-0.39, 0.29) is 23.5 Å². The lowest BCUT2D eigenvalue weighted by Crippen LogP contribution is -2.57. The number of ether oxygens (including phenoxy) is 1. The van der Waals surface area contributed by atoms with Crippen LogP contribution in [0.15, 0.2) is 48.5 Å². The van der Waals surface area contributed by atoms with Gasteiger partial charge in [0.15, 0.2) is 0 Å². The van der Waals surface area contributed by atoms with Crippen molar-refractivity contribution in [3.05, 3.63) is 58.6 Å². The predicted molar refractivity (Wildman–Crippen MR) is 203 cm³/mol. The van der Waals surface area contributed by atoms with Gasteiger partial charge in [-0.05, 0) is 87.1 Å². The molecule has 0 bridgehead atoms. The number of carbonyl (C=O) groups is 3. The van der Waals surface area contributed by atoms with E-state index in [1.807, 2.05) is 4.90 Å². The zero-order chi connectivity index (χ0) is 36.5. The monoisotopic (exact) mass is 756 g/mol. The van der Waals surface area contributed by atoms with Crippen LogP contribution in [0.25, 0.3) is 0 Å². The highest BCUT2D eigenvalue weighted by molar-refractivity contribution is 6.30. The summed E-state index contributed by atoms with van der Waals surface area (Å²) in [6.07, 6.45) is 9.89. The minimum atomic E-state index is -0.409. The summed E-state index contributed by atoms with van der Waals surface area (Å²) in [6.45, 7) is 10.6. The lowest BCUT2D eigenvalue weighted by molar-refractivity contribution is -0.140. The molecule has 52 heavy (non-hydrogen) atoms. The number of rotatable bonds is 5. The second-order valence-electron chi connectivity index (χ2n) is 14.9. The summed E-state index contributed by atoms with van der Waals surface area (Å²) >= 11 is 11.3. The quantitative estimate of drug-likeness (QED) is 0.429. The zero-order valence-corrected chi connectivity index (χ0v) is 31.7. The Kier molecular flexibility index (Phi) is 14.0. The van der Waals surface area contributed by atoms with Crippen LogP contribution in [0, 0.1) is 11.8 Å². The van der Waals surface area contributed by atoms with E-state index >= 15 is 0 Å². The van der Waals surface area contributed by atoms with Crippen molar-refractivity contribution < 1.29 is 24.2 Å². The maximum atomic E-state index is 12.8. The molecular formula is C39H54Cl2N6O5. The highest BCUT2D eigenvalue weighted by Crippen LogP contribution is 2.28. The number of halogens is 2. The molecule has 2 aromatic rings. The Labute approximate surface area is 318 Å². The molecular weight excluding hydrogens is 703 g/mol. The minimum absolute atomic E-state index is 0.0991. The molecule has 2 aliphatic carbocycles. The molecule has 0 spiro atoms. The summed E-state index contributed by atoms with van der Waals surface area (Å²) < 4.78 is 5.32. The van der Waals surface area contributed by atoms with Gasteiger partial charge in [-0.2, -0.15) is 0 Å². The van der Waals surface area contributed by atoms with Crippen molar-refractivity contribution in [2.24, 2.45) is 11.8 Å². The first-order valence-electron chi connectivity index (χ1n) is 19.2. The first kappa shape index (κ1) is 38.6. The van der Waals surface area contributed by atoms with Gasteiger partial charge in [0.1, 0.15) is 11.5 Å². The average molecular weight is 758 g/mol. The second-order valence-corrected chi connectivity index (χ2v) is 15.7. The Hall–Kier alpha value is -3.09. The number of aromatic hydroxyl groups is 1. The third kappa shape index (κ3) is 10.5. The topological polar surface area (TPSA) is 109 Å². The van der Waals surface area contributed by atoms with Crippen LogP contribution in [0.3, 0.4) is 0 Å². The highest BCUT2D eigenvalue weighted by atomic mass is 35.5. The van der Waals surface area contributed by atoms with Crippen molar-refractivity contribution in [2.45, 2.75) is 63.5 Å². The van der Waals surface area contributed by atoms with Gasteiger partial charge >= 0.3 is 6.09 Å². The van der Waals surface area contributed by atoms with E-state index in [1.54, 1.807) is 53.4 Å². The molecule has 2 N–H and O–H groups in total. The number of carbonyl (C=O) groups excluding carboxylic acids is 3.